The van der Waals surface area contributed by atoms with Crippen LogP contribution < -0.4 is 5.32 Å². The van der Waals surface area contributed by atoms with E-state index in [1.54, 1.807) is 0 Å². The summed E-state index contributed by atoms with van der Waals surface area (Å²) in [7, 11) is 1.27. The fourth-order valence-electron chi connectivity index (χ4n) is 1.90. The third-order valence-corrected chi connectivity index (χ3v) is 3.22. The second-order valence-corrected chi connectivity index (χ2v) is 5.62. The van der Waals surface area contributed by atoms with E-state index in [-0.39, 0.29) is 12.0 Å². The number of hydrogen-bond acceptors (Lipinski definition) is 4. The molecule has 2 N–H and O–H groups in total. The highest BCUT2D eigenvalue weighted by molar-refractivity contribution is 5.78. The minimum Gasteiger partial charge on any atom is -0.467 e. The zero-order chi connectivity index (χ0) is 14.5. The van der Waals surface area contributed by atoms with Crippen LogP contribution in [0.1, 0.15) is 26.3 Å². The first-order chi connectivity index (χ1) is 8.79. The smallest absolute Gasteiger partial charge is 0.338 e. The zero-order valence-electron chi connectivity index (χ0n) is 12.1. The van der Waals surface area contributed by atoms with E-state index in [9.17, 15) is 9.90 Å². The highest BCUT2D eigenvalue weighted by Crippen LogP contribution is 2.21. The van der Waals surface area contributed by atoms with Crippen LogP contribution in [-0.4, -0.2) is 36.9 Å². The molecule has 1 aromatic carbocycles. The summed E-state index contributed by atoms with van der Waals surface area (Å²) in [5.41, 5.74) is -0.366. The van der Waals surface area contributed by atoms with Crippen LogP contribution >= 0.6 is 0 Å². The topological polar surface area (TPSA) is 58.6 Å². The van der Waals surface area contributed by atoms with E-state index in [1.807, 2.05) is 18.2 Å². The van der Waals surface area contributed by atoms with Crippen LogP contribution in [0, 0.1) is 0 Å². The van der Waals surface area contributed by atoms with Gasteiger partial charge in [-0.1, -0.05) is 44.2 Å². The predicted molar refractivity (Wildman–Crippen MR) is 75.0 cm³/mol. The van der Waals surface area contributed by atoms with Crippen molar-refractivity contribution in [2.45, 2.75) is 31.8 Å². The number of nitrogens with one attached hydrogen (secondary N) is 1. The minimum absolute atomic E-state index is 0.0759. The number of methoxy groups -OCH3 is 1. The number of aliphatic hydroxyl groups is 1. The van der Waals surface area contributed by atoms with E-state index < -0.39 is 11.6 Å². The highest BCUT2D eigenvalue weighted by atomic mass is 16.5. The van der Waals surface area contributed by atoms with Gasteiger partial charge in [-0.15, -0.1) is 0 Å². The van der Waals surface area contributed by atoms with Gasteiger partial charge in [-0.2, -0.15) is 0 Å². The predicted octanol–water partition coefficient (Wildman–Crippen LogP) is 1.48. The summed E-state index contributed by atoms with van der Waals surface area (Å²) in [5, 5.41) is 13.0. The maximum atomic E-state index is 11.3. The lowest BCUT2D eigenvalue weighted by Gasteiger charge is -2.28. The molecule has 0 aliphatic heterocycles. The normalized spacial score (nSPS) is 14.8. The van der Waals surface area contributed by atoms with Crippen molar-refractivity contribution in [3.05, 3.63) is 35.9 Å². The summed E-state index contributed by atoms with van der Waals surface area (Å²) in [4.78, 5) is 11.3. The molecule has 19 heavy (non-hydrogen) atoms. The van der Waals surface area contributed by atoms with E-state index in [0.717, 1.165) is 0 Å². The molecule has 0 aromatic heterocycles. The van der Waals surface area contributed by atoms with Crippen LogP contribution in [0.3, 0.4) is 0 Å². The van der Waals surface area contributed by atoms with Gasteiger partial charge in [0.15, 0.2) is 5.60 Å². The lowest BCUT2D eigenvalue weighted by Crippen LogP contribution is -2.48. The van der Waals surface area contributed by atoms with Crippen molar-refractivity contribution in [1.82, 2.24) is 5.32 Å². The lowest BCUT2D eigenvalue weighted by molar-refractivity contribution is -0.159. The molecule has 0 aliphatic carbocycles. The summed E-state index contributed by atoms with van der Waals surface area (Å²) in [5.74, 6) is -0.627. The number of rotatable bonds is 6. The van der Waals surface area contributed by atoms with Crippen LogP contribution in [-0.2, 0) is 14.9 Å². The Labute approximate surface area is 114 Å². The van der Waals surface area contributed by atoms with Crippen LogP contribution in [0.25, 0.3) is 0 Å². The van der Waals surface area contributed by atoms with Crippen LogP contribution in [0.4, 0.5) is 0 Å². The highest BCUT2D eigenvalue weighted by Gasteiger charge is 2.31. The Balaban J connectivity index is 2.55. The number of hydrogen-bond donors (Lipinski definition) is 2. The maximum Gasteiger partial charge on any atom is 0.338 e. The van der Waals surface area contributed by atoms with Gasteiger partial charge in [-0.25, -0.2) is 4.79 Å². The molecule has 1 atom stereocenters. The van der Waals surface area contributed by atoms with Gasteiger partial charge in [-0.05, 0) is 12.5 Å². The average Bonchev–Trinajstić information content (AvgIpc) is 2.38. The Kier molecular flexibility index (Phi) is 5.09. The third-order valence-electron chi connectivity index (χ3n) is 3.22. The van der Waals surface area contributed by atoms with Gasteiger partial charge in [0.05, 0.1) is 7.11 Å². The maximum absolute atomic E-state index is 11.3. The van der Waals surface area contributed by atoms with E-state index in [0.29, 0.717) is 6.54 Å². The number of ether oxygens (including phenoxy) is 1. The van der Waals surface area contributed by atoms with Crippen LogP contribution in [0.5, 0.6) is 0 Å². The molecular weight excluding hydrogens is 242 g/mol. The van der Waals surface area contributed by atoms with E-state index >= 15 is 0 Å². The standard InChI is InChI=1S/C15H23NO3/c1-14(2,12-8-6-5-7-9-12)10-16-11-15(3,18)13(17)19-4/h5-9,16,18H,10-11H2,1-4H3. The quantitative estimate of drug-likeness (QED) is 0.765. The molecule has 4 heteroatoms. The fourth-order valence-corrected chi connectivity index (χ4v) is 1.90. The molecule has 0 radical (unpaired) electrons. The third kappa shape index (κ3) is 4.33. The molecule has 0 spiro atoms. The molecular formula is C15H23NO3. The summed E-state index contributed by atoms with van der Waals surface area (Å²) in [6.07, 6.45) is 0. The first-order valence-corrected chi connectivity index (χ1v) is 6.37. The minimum atomic E-state index is -1.50. The summed E-state index contributed by atoms with van der Waals surface area (Å²) >= 11 is 0. The number of benzene rings is 1. The molecule has 4 nitrogen and oxygen atoms in total. The molecule has 1 aromatic rings. The molecule has 0 amide bonds. The van der Waals surface area contributed by atoms with E-state index in [2.05, 4.69) is 36.0 Å². The summed E-state index contributed by atoms with van der Waals surface area (Å²) < 4.78 is 4.55. The first kappa shape index (κ1) is 15.7. The molecule has 0 saturated heterocycles. The van der Waals surface area contributed by atoms with Gasteiger partial charge >= 0.3 is 5.97 Å². The van der Waals surface area contributed by atoms with Crippen molar-refractivity contribution in [2.75, 3.05) is 20.2 Å². The van der Waals surface area contributed by atoms with E-state index in [4.69, 9.17) is 0 Å². The van der Waals surface area contributed by atoms with Crippen molar-refractivity contribution in [3.8, 4) is 0 Å². The Morgan fingerprint density at radius 1 is 1.21 bits per heavy atom. The lowest BCUT2D eigenvalue weighted by atomic mass is 9.84. The monoisotopic (exact) mass is 265 g/mol. The van der Waals surface area contributed by atoms with Crippen molar-refractivity contribution < 1.29 is 14.6 Å². The van der Waals surface area contributed by atoms with Gasteiger partial charge in [0.1, 0.15) is 0 Å². The Morgan fingerprint density at radius 3 is 2.32 bits per heavy atom. The summed E-state index contributed by atoms with van der Waals surface area (Å²) in [6.45, 7) is 6.49. The van der Waals surface area contributed by atoms with Gasteiger partial charge in [0, 0.05) is 18.5 Å². The largest absolute Gasteiger partial charge is 0.467 e. The van der Waals surface area contributed by atoms with E-state index in [1.165, 1.54) is 19.6 Å². The van der Waals surface area contributed by atoms with Crippen LogP contribution in [0.15, 0.2) is 30.3 Å². The second kappa shape index (κ2) is 6.17. The average molecular weight is 265 g/mol. The second-order valence-electron chi connectivity index (χ2n) is 5.62. The summed E-state index contributed by atoms with van der Waals surface area (Å²) in [6, 6.07) is 10.1. The van der Waals surface area contributed by atoms with Gasteiger partial charge < -0.3 is 15.2 Å². The first-order valence-electron chi connectivity index (χ1n) is 6.37. The molecule has 0 fully saturated rings. The molecule has 1 rings (SSSR count). The number of carbonyl (C=O) groups excluding carboxylic acids is 1. The fraction of sp³-hybridized carbons (Fsp3) is 0.533. The molecule has 0 aliphatic rings. The molecule has 0 saturated carbocycles. The molecule has 0 bridgehead atoms. The van der Waals surface area contributed by atoms with Crippen molar-refractivity contribution in [2.24, 2.45) is 0 Å². The number of carbonyl (C=O) groups is 1. The Morgan fingerprint density at radius 2 is 1.79 bits per heavy atom. The van der Waals surface area contributed by atoms with Gasteiger partial charge in [0.2, 0.25) is 0 Å². The van der Waals surface area contributed by atoms with Crippen molar-refractivity contribution >= 4 is 5.97 Å². The van der Waals surface area contributed by atoms with Gasteiger partial charge in [0.25, 0.3) is 0 Å². The van der Waals surface area contributed by atoms with Gasteiger partial charge in [-0.3, -0.25) is 0 Å². The van der Waals surface area contributed by atoms with Crippen molar-refractivity contribution in [3.63, 3.8) is 0 Å². The number of esters is 1. The Hall–Kier alpha value is -1.39. The molecule has 0 heterocycles. The molecule has 106 valence electrons. The molecule has 1 unspecified atom stereocenters. The van der Waals surface area contributed by atoms with Crippen molar-refractivity contribution in [1.29, 1.82) is 0 Å². The zero-order valence-corrected chi connectivity index (χ0v) is 12.1. The SMILES string of the molecule is COC(=O)C(C)(O)CNCC(C)(C)c1ccccc1. The van der Waals surface area contributed by atoms with Crippen LogP contribution in [0.2, 0.25) is 0 Å². The Bertz CT molecular complexity index is 413.